The van der Waals surface area contributed by atoms with Crippen molar-refractivity contribution in [3.8, 4) is 5.88 Å². The molecule has 1 saturated heterocycles. The Hall–Kier alpha value is -2.78. The van der Waals surface area contributed by atoms with Gasteiger partial charge in [0.2, 0.25) is 5.88 Å². The lowest BCUT2D eigenvalue weighted by atomic mass is 9.96. The zero-order chi connectivity index (χ0) is 29.5. The summed E-state index contributed by atoms with van der Waals surface area (Å²) in [6, 6.07) is 24.6. The molecule has 2 heterocycles. The predicted molar refractivity (Wildman–Crippen MR) is 173 cm³/mol. The first-order valence-corrected chi connectivity index (χ1v) is 15.3. The van der Waals surface area contributed by atoms with Crippen LogP contribution < -0.4 is 4.74 Å². The molecule has 0 aliphatic carbocycles. The molecule has 4 aromatic rings. The van der Waals surface area contributed by atoms with Crippen molar-refractivity contribution in [2.24, 2.45) is 0 Å². The van der Waals surface area contributed by atoms with Gasteiger partial charge in [0, 0.05) is 55.9 Å². The van der Waals surface area contributed by atoms with Gasteiger partial charge in [-0.15, -0.1) is 0 Å². The van der Waals surface area contributed by atoms with Crippen molar-refractivity contribution < 1.29 is 4.74 Å². The molecule has 0 unspecified atom stereocenters. The zero-order valence-electron chi connectivity index (χ0n) is 24.7. The molecule has 0 atom stereocenters. The van der Waals surface area contributed by atoms with Crippen molar-refractivity contribution in [3.05, 3.63) is 99.8 Å². The van der Waals surface area contributed by atoms with E-state index >= 15 is 0 Å². The van der Waals surface area contributed by atoms with E-state index in [4.69, 9.17) is 37.9 Å². The number of para-hydroxylation sites is 1. The number of halogens is 2. The first kappa shape index (κ1) is 30.7. The first-order chi connectivity index (χ1) is 20.4. The number of hydrogen-bond acceptors (Lipinski definition) is 7. The number of rotatable bonds is 12. The van der Waals surface area contributed by atoms with Crippen molar-refractivity contribution >= 4 is 34.1 Å². The second kappa shape index (κ2) is 14.6. The minimum Gasteiger partial charge on any atom is -0.476 e. The summed E-state index contributed by atoms with van der Waals surface area (Å²) in [5.41, 5.74) is 3.37. The molecule has 3 aromatic carbocycles. The smallest absolute Gasteiger partial charge is 0.224 e. The fourth-order valence-corrected chi connectivity index (χ4v) is 5.59. The summed E-state index contributed by atoms with van der Waals surface area (Å²) < 4.78 is 6.24. The molecule has 42 heavy (non-hydrogen) atoms. The summed E-state index contributed by atoms with van der Waals surface area (Å²) in [5.74, 6) is 1.46. The van der Waals surface area contributed by atoms with E-state index in [0.717, 1.165) is 72.6 Å². The maximum absolute atomic E-state index is 6.24. The van der Waals surface area contributed by atoms with Crippen LogP contribution in [-0.4, -0.2) is 103 Å². The highest BCUT2D eigenvalue weighted by atomic mass is 35.5. The molecule has 7 nitrogen and oxygen atoms in total. The highest BCUT2D eigenvalue weighted by Gasteiger charge is 2.27. The number of nitrogens with zero attached hydrogens (tertiary/aromatic N) is 6. The SMILES string of the molecule is CN(C)CCN(C)CCOc1nc(CN2CCN(C(c3ccc(Cl)cc3)c3ccc(Cl)cc3)CC2)nc2ccccc12. The molecule has 1 fully saturated rings. The Labute approximate surface area is 259 Å². The van der Waals surface area contributed by atoms with Gasteiger partial charge in [0.1, 0.15) is 12.4 Å². The van der Waals surface area contributed by atoms with Crippen molar-refractivity contribution in [2.75, 3.05) is 73.6 Å². The second-order valence-electron chi connectivity index (χ2n) is 11.2. The average Bonchev–Trinajstić information content (AvgIpc) is 2.99. The molecule has 1 aliphatic heterocycles. The van der Waals surface area contributed by atoms with Gasteiger partial charge in [0.15, 0.2) is 0 Å². The van der Waals surface area contributed by atoms with Crippen LogP contribution in [0.1, 0.15) is 23.0 Å². The van der Waals surface area contributed by atoms with Crippen LogP contribution in [0.5, 0.6) is 5.88 Å². The third-order valence-corrected chi connectivity index (χ3v) is 8.27. The lowest BCUT2D eigenvalue weighted by Gasteiger charge is -2.39. The molecule has 5 rings (SSSR count). The minimum atomic E-state index is 0.134. The molecule has 0 bridgehead atoms. The van der Waals surface area contributed by atoms with Crippen molar-refractivity contribution in [3.63, 3.8) is 0 Å². The summed E-state index contributed by atoms with van der Waals surface area (Å²) >= 11 is 12.4. The van der Waals surface area contributed by atoms with E-state index < -0.39 is 0 Å². The normalized spacial score (nSPS) is 14.9. The quantitative estimate of drug-likeness (QED) is 0.204. The van der Waals surface area contributed by atoms with E-state index in [2.05, 4.69) is 65.0 Å². The maximum atomic E-state index is 6.24. The molecule has 1 aromatic heterocycles. The van der Waals surface area contributed by atoms with E-state index in [1.807, 2.05) is 48.5 Å². The van der Waals surface area contributed by atoms with Gasteiger partial charge >= 0.3 is 0 Å². The molecular formula is C33H40Cl2N6O. The van der Waals surface area contributed by atoms with Crippen LogP contribution in [0.3, 0.4) is 0 Å². The topological polar surface area (TPSA) is 48.0 Å². The summed E-state index contributed by atoms with van der Waals surface area (Å²) in [7, 11) is 6.31. The molecule has 222 valence electrons. The number of piperazine rings is 1. The zero-order valence-corrected chi connectivity index (χ0v) is 26.2. The predicted octanol–water partition coefficient (Wildman–Crippen LogP) is 5.72. The maximum Gasteiger partial charge on any atom is 0.224 e. The van der Waals surface area contributed by atoms with Crippen LogP contribution in [0.25, 0.3) is 10.9 Å². The van der Waals surface area contributed by atoms with E-state index in [-0.39, 0.29) is 6.04 Å². The summed E-state index contributed by atoms with van der Waals surface area (Å²) in [4.78, 5) is 19.2. The third kappa shape index (κ3) is 8.19. The standard InChI is InChI=1S/C33H40Cl2N6O/c1-38(2)16-17-39(3)22-23-42-33-29-6-4-5-7-30(29)36-31(37-33)24-40-18-20-41(21-19-40)32(25-8-12-27(34)13-9-25)26-10-14-28(35)15-11-26/h4-15,32H,16-24H2,1-3H3. The monoisotopic (exact) mass is 606 g/mol. The number of aromatic nitrogens is 2. The number of fused-ring (bicyclic) bond motifs is 1. The lowest BCUT2D eigenvalue weighted by molar-refractivity contribution is 0.103. The highest BCUT2D eigenvalue weighted by molar-refractivity contribution is 6.30. The Kier molecular flexibility index (Phi) is 10.7. The lowest BCUT2D eigenvalue weighted by Crippen LogP contribution is -2.47. The van der Waals surface area contributed by atoms with Crippen molar-refractivity contribution in [2.45, 2.75) is 12.6 Å². The van der Waals surface area contributed by atoms with Crippen LogP contribution in [0.15, 0.2) is 72.8 Å². The van der Waals surface area contributed by atoms with Gasteiger partial charge in [-0.2, -0.15) is 4.98 Å². The second-order valence-corrected chi connectivity index (χ2v) is 12.1. The average molecular weight is 608 g/mol. The van der Waals surface area contributed by atoms with Gasteiger partial charge in [-0.25, -0.2) is 4.98 Å². The van der Waals surface area contributed by atoms with E-state index in [0.29, 0.717) is 19.0 Å². The van der Waals surface area contributed by atoms with Crippen LogP contribution in [0.2, 0.25) is 10.0 Å². The number of ether oxygens (including phenoxy) is 1. The van der Waals surface area contributed by atoms with Crippen molar-refractivity contribution in [1.29, 1.82) is 0 Å². The van der Waals surface area contributed by atoms with Gasteiger partial charge in [0.25, 0.3) is 0 Å². The van der Waals surface area contributed by atoms with Gasteiger partial charge in [-0.05, 0) is 68.7 Å². The van der Waals surface area contributed by atoms with Crippen LogP contribution in [0.4, 0.5) is 0 Å². The van der Waals surface area contributed by atoms with Gasteiger partial charge in [-0.1, -0.05) is 59.6 Å². The van der Waals surface area contributed by atoms with E-state index in [1.54, 1.807) is 0 Å². The molecule has 0 amide bonds. The molecule has 1 aliphatic rings. The fourth-order valence-electron chi connectivity index (χ4n) is 5.34. The fraction of sp³-hybridized carbons (Fsp3) is 0.394. The Morgan fingerprint density at radius 3 is 2.00 bits per heavy atom. The third-order valence-electron chi connectivity index (χ3n) is 7.76. The van der Waals surface area contributed by atoms with Gasteiger partial charge < -0.3 is 14.5 Å². The highest BCUT2D eigenvalue weighted by Crippen LogP contribution is 2.31. The van der Waals surface area contributed by atoms with Crippen LogP contribution in [0, 0.1) is 0 Å². The van der Waals surface area contributed by atoms with Crippen LogP contribution >= 0.6 is 23.2 Å². The molecule has 0 radical (unpaired) electrons. The Morgan fingerprint density at radius 2 is 1.38 bits per heavy atom. The Balaban J connectivity index is 1.25. The summed E-state index contributed by atoms with van der Waals surface area (Å²) in [6.07, 6.45) is 0. The molecular weight excluding hydrogens is 567 g/mol. The number of benzene rings is 3. The summed E-state index contributed by atoms with van der Waals surface area (Å²) in [5, 5.41) is 2.44. The molecule has 9 heteroatoms. The van der Waals surface area contributed by atoms with Crippen LogP contribution in [-0.2, 0) is 6.54 Å². The Morgan fingerprint density at radius 1 is 0.762 bits per heavy atom. The van der Waals surface area contributed by atoms with Crippen molar-refractivity contribution in [1.82, 2.24) is 29.6 Å². The number of likely N-dealkylation sites (N-methyl/N-ethyl adjacent to an activating group) is 2. The van der Waals surface area contributed by atoms with E-state index in [1.165, 1.54) is 11.1 Å². The van der Waals surface area contributed by atoms with Gasteiger partial charge in [-0.3, -0.25) is 9.80 Å². The molecule has 0 spiro atoms. The number of hydrogen-bond donors (Lipinski definition) is 0. The van der Waals surface area contributed by atoms with Gasteiger partial charge in [0.05, 0.1) is 23.5 Å². The molecule has 0 N–H and O–H groups in total. The van der Waals surface area contributed by atoms with E-state index in [9.17, 15) is 0 Å². The molecule has 0 saturated carbocycles. The summed E-state index contributed by atoms with van der Waals surface area (Å²) in [6.45, 7) is 7.80. The first-order valence-electron chi connectivity index (χ1n) is 14.5. The Bertz CT molecular complexity index is 1380. The minimum absolute atomic E-state index is 0.134. The largest absolute Gasteiger partial charge is 0.476 e.